The van der Waals surface area contributed by atoms with Crippen LogP contribution in [0.2, 0.25) is 0 Å². The Morgan fingerprint density at radius 1 is 1.14 bits per heavy atom. The average molecular weight is 214 g/mol. The van der Waals surface area contributed by atoms with Gasteiger partial charge in [-0.2, -0.15) is 35.4 Å². The fraction of sp³-hybridized carbons (Fsp3) is 0.538. The Labute approximate surface area is 131 Å². The van der Waals surface area contributed by atoms with Crippen LogP contribution in [-0.4, -0.2) is 0 Å². The van der Waals surface area contributed by atoms with E-state index in [9.17, 15) is 0 Å². The summed E-state index contributed by atoms with van der Waals surface area (Å²) in [4.78, 5) is 0. The van der Waals surface area contributed by atoms with Gasteiger partial charge < -0.3 is 0 Å². The molecule has 0 aliphatic carbocycles. The molecular formula is C13H19K. The number of hydrogen-bond acceptors (Lipinski definition) is 0. The fourth-order valence-corrected chi connectivity index (χ4v) is 1.26. The minimum absolute atomic E-state index is 0. The topological polar surface area (TPSA) is 0 Å². The van der Waals surface area contributed by atoms with E-state index >= 15 is 0 Å². The van der Waals surface area contributed by atoms with E-state index in [1.807, 2.05) is 0 Å². The minimum Gasteiger partial charge on any atom is -0.183 e. The van der Waals surface area contributed by atoms with Crippen LogP contribution in [0.1, 0.15) is 51.7 Å². The Hall–Kier alpha value is 0.856. The summed E-state index contributed by atoms with van der Waals surface area (Å²) in [6, 6.07) is 9.68. The van der Waals surface area contributed by atoms with Crippen LogP contribution in [0, 0.1) is 6.07 Å². The van der Waals surface area contributed by atoms with Gasteiger partial charge in [-0.3, -0.25) is 0 Å². The monoisotopic (exact) mass is 214 g/mol. The van der Waals surface area contributed by atoms with Gasteiger partial charge in [-0.25, -0.2) is 0 Å². The maximum Gasteiger partial charge on any atom is 1.00 e. The van der Waals surface area contributed by atoms with Gasteiger partial charge in [0.05, 0.1) is 0 Å². The fourth-order valence-electron chi connectivity index (χ4n) is 1.26. The van der Waals surface area contributed by atoms with Gasteiger partial charge in [-0.05, 0) is 0 Å². The largest absolute Gasteiger partial charge is 1.00 e. The van der Waals surface area contributed by atoms with Crippen molar-refractivity contribution in [3.63, 3.8) is 0 Å². The maximum absolute atomic E-state index is 3.22. The van der Waals surface area contributed by atoms with Crippen molar-refractivity contribution in [1.82, 2.24) is 0 Å². The zero-order valence-electron chi connectivity index (χ0n) is 10.3. The first-order valence-corrected chi connectivity index (χ1v) is 4.93. The van der Waals surface area contributed by atoms with E-state index in [-0.39, 0.29) is 56.8 Å². The molecule has 1 aromatic carbocycles. The van der Waals surface area contributed by atoms with Gasteiger partial charge in [0.15, 0.2) is 0 Å². The first-order valence-electron chi connectivity index (χ1n) is 4.93. The summed E-state index contributed by atoms with van der Waals surface area (Å²) in [5.74, 6) is 0.596. The van der Waals surface area contributed by atoms with Crippen molar-refractivity contribution in [2.45, 2.75) is 46.0 Å². The molecule has 0 saturated heterocycles. The van der Waals surface area contributed by atoms with E-state index in [1.165, 1.54) is 11.1 Å². The maximum atomic E-state index is 3.22. The van der Waals surface area contributed by atoms with E-state index in [0.717, 1.165) is 0 Å². The van der Waals surface area contributed by atoms with E-state index in [4.69, 9.17) is 0 Å². The molecule has 1 aromatic rings. The molecule has 0 heterocycles. The van der Waals surface area contributed by atoms with Gasteiger partial charge in [0.2, 0.25) is 0 Å². The molecule has 72 valence electrons. The number of hydrogen-bond donors (Lipinski definition) is 0. The van der Waals surface area contributed by atoms with Gasteiger partial charge in [0.1, 0.15) is 0 Å². The second kappa shape index (κ2) is 5.81. The quantitative estimate of drug-likeness (QED) is 0.481. The SMILES string of the molecule is CC(C)c1c[c-]cc(C(C)(C)C)c1.[K+]. The van der Waals surface area contributed by atoms with Crippen LogP contribution in [0.5, 0.6) is 0 Å². The second-order valence-electron chi connectivity index (χ2n) is 4.96. The zero-order valence-corrected chi connectivity index (χ0v) is 13.4. The van der Waals surface area contributed by atoms with Crippen LogP contribution in [0.4, 0.5) is 0 Å². The van der Waals surface area contributed by atoms with Crippen LogP contribution < -0.4 is 51.4 Å². The van der Waals surface area contributed by atoms with Gasteiger partial charge >= 0.3 is 51.4 Å². The summed E-state index contributed by atoms with van der Waals surface area (Å²) in [5, 5.41) is 0. The molecule has 0 N–H and O–H groups in total. The summed E-state index contributed by atoms with van der Waals surface area (Å²) in [6.45, 7) is 11.1. The predicted octanol–water partition coefficient (Wildman–Crippen LogP) is 0.912. The molecule has 0 atom stereocenters. The summed E-state index contributed by atoms with van der Waals surface area (Å²) in [5.41, 5.74) is 2.99. The third kappa shape index (κ3) is 4.15. The van der Waals surface area contributed by atoms with Crippen LogP contribution >= 0.6 is 0 Å². The Kier molecular flexibility index (Phi) is 6.16. The third-order valence-corrected chi connectivity index (χ3v) is 2.34. The first-order chi connectivity index (χ1) is 5.91. The normalized spacial score (nSPS) is 11.3. The molecule has 0 bridgehead atoms. The van der Waals surface area contributed by atoms with Crippen LogP contribution in [0.25, 0.3) is 0 Å². The van der Waals surface area contributed by atoms with Crippen molar-refractivity contribution >= 4 is 0 Å². The molecule has 0 aromatic heterocycles. The van der Waals surface area contributed by atoms with Crippen molar-refractivity contribution < 1.29 is 51.4 Å². The molecule has 1 heteroatoms. The van der Waals surface area contributed by atoms with Crippen LogP contribution in [-0.2, 0) is 5.41 Å². The molecule has 0 saturated carbocycles. The Balaban J connectivity index is 0.00000169. The third-order valence-electron chi connectivity index (χ3n) is 2.34. The van der Waals surface area contributed by atoms with E-state index in [1.54, 1.807) is 0 Å². The van der Waals surface area contributed by atoms with Gasteiger partial charge in [0.25, 0.3) is 0 Å². The van der Waals surface area contributed by atoms with Crippen molar-refractivity contribution in [3.05, 3.63) is 35.4 Å². The van der Waals surface area contributed by atoms with E-state index < -0.39 is 0 Å². The summed E-state index contributed by atoms with van der Waals surface area (Å²) < 4.78 is 0. The summed E-state index contributed by atoms with van der Waals surface area (Å²) in [6.07, 6.45) is 0. The predicted molar refractivity (Wildman–Crippen MR) is 58.1 cm³/mol. The zero-order chi connectivity index (χ0) is 10.1. The van der Waals surface area contributed by atoms with Gasteiger partial charge in [0, 0.05) is 0 Å². The average Bonchev–Trinajstić information content (AvgIpc) is 2.03. The summed E-state index contributed by atoms with van der Waals surface area (Å²) in [7, 11) is 0. The first kappa shape index (κ1) is 14.9. The second-order valence-corrected chi connectivity index (χ2v) is 4.96. The molecule has 0 aliphatic rings. The minimum atomic E-state index is 0. The molecule has 0 aliphatic heterocycles. The van der Waals surface area contributed by atoms with E-state index in [2.05, 4.69) is 58.9 Å². The van der Waals surface area contributed by atoms with Crippen molar-refractivity contribution in [1.29, 1.82) is 0 Å². The summed E-state index contributed by atoms with van der Waals surface area (Å²) >= 11 is 0. The Bertz CT molecular complexity index is 282. The van der Waals surface area contributed by atoms with Gasteiger partial charge in [-0.15, -0.1) is 0 Å². The van der Waals surface area contributed by atoms with Crippen LogP contribution in [0.3, 0.4) is 0 Å². The molecule has 0 fully saturated rings. The van der Waals surface area contributed by atoms with Crippen molar-refractivity contribution in [2.75, 3.05) is 0 Å². The smallest absolute Gasteiger partial charge is 0.183 e. The Morgan fingerprint density at radius 3 is 2.14 bits per heavy atom. The van der Waals surface area contributed by atoms with Gasteiger partial charge in [-0.1, -0.05) is 46.0 Å². The molecule has 0 unspecified atom stereocenters. The standard InChI is InChI=1S/C13H19.K/c1-10(2)11-7-6-8-12(9-11)13(3,4)5;/h7-10H,1-5H3;/q-1;+1. The molecule has 1 rings (SSSR count). The molecule has 0 amide bonds. The molecular weight excluding hydrogens is 195 g/mol. The number of benzene rings is 1. The van der Waals surface area contributed by atoms with Crippen LogP contribution in [0.15, 0.2) is 18.2 Å². The Morgan fingerprint density at radius 2 is 1.71 bits per heavy atom. The number of rotatable bonds is 1. The van der Waals surface area contributed by atoms with E-state index in [0.29, 0.717) is 5.92 Å². The molecule has 0 nitrogen and oxygen atoms in total. The molecule has 14 heavy (non-hydrogen) atoms. The van der Waals surface area contributed by atoms with Crippen molar-refractivity contribution in [2.24, 2.45) is 0 Å². The molecule has 0 radical (unpaired) electrons. The molecule has 0 spiro atoms. The van der Waals surface area contributed by atoms with Crippen molar-refractivity contribution in [3.8, 4) is 0 Å².